The van der Waals surface area contributed by atoms with Gasteiger partial charge in [-0.1, -0.05) is 30.3 Å². The van der Waals surface area contributed by atoms with Crippen LogP contribution in [0, 0.1) is 0 Å². The molecule has 1 heterocycles. The van der Waals surface area contributed by atoms with Gasteiger partial charge in [-0.25, -0.2) is 0 Å². The molecule has 162 valence electrons. The average molecular weight is 415 g/mol. The largest absolute Gasteiger partial charge is 0.497 e. The molecule has 1 aliphatic rings. The van der Waals surface area contributed by atoms with E-state index < -0.39 is 11.7 Å². The summed E-state index contributed by atoms with van der Waals surface area (Å²) in [5.41, 5.74) is 0.639. The van der Waals surface area contributed by atoms with E-state index in [-0.39, 0.29) is 25.5 Å². The van der Waals surface area contributed by atoms with Gasteiger partial charge in [0.2, 0.25) is 5.91 Å². The molecule has 0 aromatic heterocycles. The number of aliphatic hydroxyl groups is 2. The molecule has 1 aliphatic heterocycles. The van der Waals surface area contributed by atoms with Gasteiger partial charge in [0, 0.05) is 32.1 Å². The minimum absolute atomic E-state index is 0.0636. The Hall–Kier alpha value is -2.61. The summed E-state index contributed by atoms with van der Waals surface area (Å²) in [7, 11) is 3.18. The van der Waals surface area contributed by atoms with E-state index >= 15 is 0 Å². The van der Waals surface area contributed by atoms with Gasteiger partial charge in [0.15, 0.2) is 0 Å². The van der Waals surface area contributed by atoms with Crippen LogP contribution in [0.25, 0.3) is 0 Å². The fourth-order valence-corrected chi connectivity index (χ4v) is 3.69. The number of β-amino-alcohol motifs (C(OH)–C–C–N with tert-alkyl or cyclic N) is 2. The minimum Gasteiger partial charge on any atom is -0.497 e. The van der Waals surface area contributed by atoms with Crippen molar-refractivity contribution in [3.8, 4) is 11.5 Å². The Morgan fingerprint density at radius 1 is 1.13 bits per heavy atom. The molecule has 30 heavy (non-hydrogen) atoms. The number of nitrogens with one attached hydrogen (secondary N) is 1. The average Bonchev–Trinajstić information content (AvgIpc) is 3.07. The summed E-state index contributed by atoms with van der Waals surface area (Å²) >= 11 is 0. The van der Waals surface area contributed by atoms with E-state index in [1.807, 2.05) is 42.5 Å². The summed E-state index contributed by atoms with van der Waals surface area (Å²) < 4.78 is 10.5. The van der Waals surface area contributed by atoms with Crippen molar-refractivity contribution in [3.05, 3.63) is 59.7 Å². The van der Waals surface area contributed by atoms with Crippen LogP contribution in [0.3, 0.4) is 0 Å². The lowest BCUT2D eigenvalue weighted by Crippen LogP contribution is -2.50. The van der Waals surface area contributed by atoms with Crippen LogP contribution in [0.4, 0.5) is 0 Å². The highest BCUT2D eigenvalue weighted by Crippen LogP contribution is 2.24. The van der Waals surface area contributed by atoms with Gasteiger partial charge in [0.05, 0.1) is 20.8 Å². The van der Waals surface area contributed by atoms with Gasteiger partial charge in [-0.05, 0) is 29.7 Å². The van der Waals surface area contributed by atoms with Gasteiger partial charge < -0.3 is 29.9 Å². The zero-order valence-corrected chi connectivity index (χ0v) is 17.5. The van der Waals surface area contributed by atoms with E-state index in [2.05, 4.69) is 5.32 Å². The van der Waals surface area contributed by atoms with Crippen LogP contribution in [-0.4, -0.2) is 66.6 Å². The van der Waals surface area contributed by atoms with E-state index in [9.17, 15) is 15.0 Å². The summed E-state index contributed by atoms with van der Waals surface area (Å²) in [4.78, 5) is 14.1. The number of carbonyl (C=O) groups excluding carboxylic acids is 1. The zero-order chi connectivity index (χ0) is 21.6. The molecule has 0 saturated carbocycles. The number of amides is 1. The lowest BCUT2D eigenvalue weighted by molar-refractivity contribution is -0.131. The Morgan fingerprint density at radius 3 is 2.43 bits per heavy atom. The fraction of sp³-hybridized carbons (Fsp3) is 0.435. The highest BCUT2D eigenvalue weighted by molar-refractivity contribution is 5.77. The molecule has 7 nitrogen and oxygen atoms in total. The third-order valence-electron chi connectivity index (χ3n) is 5.47. The van der Waals surface area contributed by atoms with Crippen molar-refractivity contribution in [2.24, 2.45) is 0 Å². The first-order valence-electron chi connectivity index (χ1n) is 10.1. The molecule has 0 radical (unpaired) electrons. The molecule has 2 aromatic rings. The fourth-order valence-electron chi connectivity index (χ4n) is 3.69. The third kappa shape index (κ3) is 5.50. The Bertz CT molecular complexity index is 822. The van der Waals surface area contributed by atoms with Crippen LogP contribution in [0.5, 0.6) is 11.5 Å². The summed E-state index contributed by atoms with van der Waals surface area (Å²) in [6, 6.07) is 15.4. The number of hydrogen-bond acceptors (Lipinski definition) is 6. The highest BCUT2D eigenvalue weighted by Gasteiger charge is 2.45. The Balaban J connectivity index is 1.52. The number of benzene rings is 2. The van der Waals surface area contributed by atoms with Crippen molar-refractivity contribution < 1.29 is 24.5 Å². The summed E-state index contributed by atoms with van der Waals surface area (Å²) in [6.07, 6.45) is -0.00435. The normalized spacial score (nSPS) is 20.9. The lowest BCUT2D eigenvalue weighted by atomic mass is 10.0. The highest BCUT2D eigenvalue weighted by atomic mass is 16.5. The number of ether oxygens (including phenoxy) is 2. The quantitative estimate of drug-likeness (QED) is 0.574. The van der Waals surface area contributed by atoms with Gasteiger partial charge in [-0.15, -0.1) is 0 Å². The second-order valence-corrected chi connectivity index (χ2v) is 7.70. The van der Waals surface area contributed by atoms with E-state index in [0.29, 0.717) is 30.9 Å². The number of aliphatic hydroxyl groups excluding tert-OH is 1. The molecule has 7 heteroatoms. The molecule has 2 aromatic carbocycles. The number of carbonyl (C=O) groups is 1. The molecular weight excluding hydrogens is 384 g/mol. The van der Waals surface area contributed by atoms with Crippen LogP contribution < -0.4 is 14.8 Å². The molecule has 1 amide bonds. The Labute approximate surface area is 177 Å². The standard InChI is InChI=1S/C23H30N2O5/c1-29-19-10-18(11-20(12-19)30-2)13-24-15-23(28)16-25(14-21(23)26)22(27)9-8-17-6-4-3-5-7-17/h3-7,10-12,21,24,26,28H,8-9,13-16H2,1-2H3/t21-,23+/m1/s1. The third-order valence-corrected chi connectivity index (χ3v) is 5.47. The second kappa shape index (κ2) is 9.93. The molecule has 0 aliphatic carbocycles. The molecular formula is C23H30N2O5. The maximum absolute atomic E-state index is 12.5. The summed E-state index contributed by atoms with van der Waals surface area (Å²) in [5, 5.41) is 24.5. The van der Waals surface area contributed by atoms with Gasteiger partial charge in [0.1, 0.15) is 23.2 Å². The van der Waals surface area contributed by atoms with Crippen molar-refractivity contribution in [3.63, 3.8) is 0 Å². The number of hydrogen-bond donors (Lipinski definition) is 3. The number of methoxy groups -OCH3 is 2. The molecule has 0 unspecified atom stereocenters. The van der Waals surface area contributed by atoms with Crippen molar-refractivity contribution in [2.75, 3.05) is 33.9 Å². The van der Waals surface area contributed by atoms with Crippen molar-refractivity contribution in [1.29, 1.82) is 0 Å². The maximum atomic E-state index is 12.5. The predicted molar refractivity (Wildman–Crippen MR) is 114 cm³/mol. The zero-order valence-electron chi connectivity index (χ0n) is 17.5. The monoisotopic (exact) mass is 414 g/mol. The molecule has 2 atom stereocenters. The predicted octanol–water partition coefficient (Wildman–Crippen LogP) is 1.36. The Morgan fingerprint density at radius 2 is 1.80 bits per heavy atom. The van der Waals surface area contributed by atoms with Gasteiger partial charge in [0.25, 0.3) is 0 Å². The number of nitrogens with zero attached hydrogens (tertiary/aromatic N) is 1. The second-order valence-electron chi connectivity index (χ2n) is 7.70. The van der Waals surface area contributed by atoms with Crippen LogP contribution in [0.15, 0.2) is 48.5 Å². The van der Waals surface area contributed by atoms with E-state index in [1.165, 1.54) is 0 Å². The van der Waals surface area contributed by atoms with Gasteiger partial charge in [-0.3, -0.25) is 4.79 Å². The number of aryl methyl sites for hydroxylation is 1. The van der Waals surface area contributed by atoms with E-state index in [1.54, 1.807) is 25.2 Å². The van der Waals surface area contributed by atoms with Crippen LogP contribution in [0.2, 0.25) is 0 Å². The van der Waals surface area contributed by atoms with Gasteiger partial charge >= 0.3 is 0 Å². The van der Waals surface area contributed by atoms with Crippen LogP contribution in [0.1, 0.15) is 17.5 Å². The number of rotatable bonds is 9. The maximum Gasteiger partial charge on any atom is 0.223 e. The topological polar surface area (TPSA) is 91.3 Å². The first-order valence-corrected chi connectivity index (χ1v) is 10.1. The Kier molecular flexibility index (Phi) is 7.31. The lowest BCUT2D eigenvalue weighted by Gasteiger charge is -2.26. The molecule has 3 N–H and O–H groups in total. The number of likely N-dealkylation sites (tertiary alicyclic amines) is 1. The van der Waals surface area contributed by atoms with Crippen LogP contribution >= 0.6 is 0 Å². The van der Waals surface area contributed by atoms with E-state index in [0.717, 1.165) is 11.1 Å². The van der Waals surface area contributed by atoms with Crippen LogP contribution in [-0.2, 0) is 17.8 Å². The molecule has 3 rings (SSSR count). The molecule has 0 spiro atoms. The molecule has 0 bridgehead atoms. The smallest absolute Gasteiger partial charge is 0.223 e. The molecule has 1 fully saturated rings. The van der Waals surface area contributed by atoms with E-state index in [4.69, 9.17) is 9.47 Å². The van der Waals surface area contributed by atoms with Crippen molar-refractivity contribution in [2.45, 2.75) is 31.1 Å². The van der Waals surface area contributed by atoms with Gasteiger partial charge in [-0.2, -0.15) is 0 Å². The summed E-state index contributed by atoms with van der Waals surface area (Å²) in [5.74, 6) is 1.30. The molecule has 1 saturated heterocycles. The summed E-state index contributed by atoms with van der Waals surface area (Å²) in [6.45, 7) is 0.871. The SMILES string of the molecule is COc1cc(CNC[C@]2(O)CN(C(=O)CCc3ccccc3)C[C@H]2O)cc(OC)c1. The minimum atomic E-state index is -1.38. The van der Waals surface area contributed by atoms with Crippen molar-refractivity contribution in [1.82, 2.24) is 10.2 Å². The van der Waals surface area contributed by atoms with Crippen molar-refractivity contribution >= 4 is 5.91 Å². The first-order chi connectivity index (χ1) is 14.4. The first kappa shape index (κ1) is 22.1.